The van der Waals surface area contributed by atoms with E-state index in [0.717, 1.165) is 24.8 Å². The highest BCUT2D eigenvalue weighted by Crippen LogP contribution is 2.73. The molecule has 4 rings (SSSR count). The lowest BCUT2D eigenvalue weighted by molar-refractivity contribution is -0.233. The number of aliphatic hydroxyl groups excluding tert-OH is 2. The number of fused-ring (bicyclic) bond motifs is 5. The second-order valence-corrected chi connectivity index (χ2v) is 13.2. The van der Waals surface area contributed by atoms with Crippen molar-refractivity contribution in [1.82, 2.24) is 0 Å². The number of ether oxygens (including phenoxy) is 1. The van der Waals surface area contributed by atoms with E-state index in [2.05, 4.69) is 20.8 Å². The summed E-state index contributed by atoms with van der Waals surface area (Å²) in [4.78, 5) is 24.8. The lowest BCUT2D eigenvalue weighted by atomic mass is 9.36. The van der Waals surface area contributed by atoms with Crippen LogP contribution in [0.4, 0.5) is 0 Å². The number of esters is 1. The molecule has 0 aromatic rings. The zero-order valence-corrected chi connectivity index (χ0v) is 23.2. The third-order valence-corrected chi connectivity index (χ3v) is 11.1. The second-order valence-electron chi connectivity index (χ2n) is 13.2. The molecule has 4 fully saturated rings. The molecule has 4 aliphatic rings. The fraction of sp³-hybridized carbons (Fsp3) is 0.793. The number of hydrogen-bond donors (Lipinski definition) is 5. The van der Waals surface area contributed by atoms with E-state index >= 15 is 0 Å². The van der Waals surface area contributed by atoms with E-state index in [1.54, 1.807) is 0 Å². The van der Waals surface area contributed by atoms with Gasteiger partial charge in [0.05, 0.1) is 12.2 Å². The van der Waals surface area contributed by atoms with E-state index in [9.17, 15) is 24.9 Å². The van der Waals surface area contributed by atoms with Gasteiger partial charge in [0.15, 0.2) is 0 Å². The number of hydrogen-bond acceptors (Lipinski definition) is 7. The van der Waals surface area contributed by atoms with Crippen molar-refractivity contribution in [3.63, 3.8) is 0 Å². The highest BCUT2D eigenvalue weighted by Gasteiger charge is 2.72. The fourth-order valence-electron chi connectivity index (χ4n) is 9.33. The predicted octanol–water partition coefficient (Wildman–Crippen LogP) is 2.90. The van der Waals surface area contributed by atoms with Gasteiger partial charge in [0.25, 0.3) is 0 Å². The predicted molar refractivity (Wildman–Crippen MR) is 140 cm³/mol. The van der Waals surface area contributed by atoms with Crippen LogP contribution in [0.2, 0.25) is 0 Å². The van der Waals surface area contributed by atoms with Crippen LogP contribution >= 0.6 is 0 Å². The minimum Gasteiger partial charge on any atom is -0.478 e. The Labute approximate surface area is 220 Å². The third kappa shape index (κ3) is 4.10. The van der Waals surface area contributed by atoms with Gasteiger partial charge < -0.3 is 31.5 Å². The van der Waals surface area contributed by atoms with Gasteiger partial charge in [-0.3, -0.25) is 4.79 Å². The maximum atomic E-state index is 12.6. The van der Waals surface area contributed by atoms with Crippen molar-refractivity contribution >= 4 is 11.9 Å². The molecule has 8 nitrogen and oxygen atoms in total. The van der Waals surface area contributed by atoms with Gasteiger partial charge in [0.2, 0.25) is 0 Å². The maximum absolute atomic E-state index is 12.6. The Morgan fingerprint density at radius 3 is 2.24 bits per heavy atom. The molecular formula is C29H46N2O6. The number of carboxylic acids is 1. The maximum Gasteiger partial charge on any atom is 0.331 e. The molecule has 0 spiro atoms. The molecule has 0 heterocycles. The van der Waals surface area contributed by atoms with Gasteiger partial charge in [0, 0.05) is 30.5 Å². The summed E-state index contributed by atoms with van der Waals surface area (Å²) in [6.45, 7) is 11.7. The summed E-state index contributed by atoms with van der Waals surface area (Å²) >= 11 is 0. The molecule has 4 saturated carbocycles. The van der Waals surface area contributed by atoms with Crippen molar-refractivity contribution in [2.45, 2.75) is 110 Å². The largest absolute Gasteiger partial charge is 0.478 e. The van der Waals surface area contributed by atoms with Crippen LogP contribution in [-0.2, 0) is 14.3 Å². The van der Waals surface area contributed by atoms with Crippen LogP contribution < -0.4 is 11.5 Å². The highest BCUT2D eigenvalue weighted by atomic mass is 16.5. The number of carboxylic acid groups (broad SMARTS) is 1. The zero-order valence-electron chi connectivity index (χ0n) is 23.2. The summed E-state index contributed by atoms with van der Waals surface area (Å²) < 4.78 is 5.82. The van der Waals surface area contributed by atoms with Crippen molar-refractivity contribution in [3.05, 3.63) is 22.8 Å². The SMILES string of the molecule is CC(=O)O[C@H]1C[C@@]2(C)[C@H](/C1=C(\CC=C(C)C)C(=O)O)[C@H](N)[C@@H](O)[C@H]1[C@@]3(C)CC[C@@H](O)[C@@H](N)[C@@H]3CC[C@@]12C. The van der Waals surface area contributed by atoms with E-state index in [-0.39, 0.29) is 35.3 Å². The van der Waals surface area contributed by atoms with Gasteiger partial charge in [-0.15, -0.1) is 0 Å². The molecule has 0 unspecified atom stereocenters. The first kappa shape index (κ1) is 28.3. The quantitative estimate of drug-likeness (QED) is 0.216. The molecule has 0 bridgehead atoms. The van der Waals surface area contributed by atoms with Crippen molar-refractivity contribution in [3.8, 4) is 0 Å². The number of nitrogens with two attached hydrogens (primary N) is 2. The molecule has 8 heteroatoms. The summed E-state index contributed by atoms with van der Waals surface area (Å²) in [5.74, 6) is -2.09. The third-order valence-electron chi connectivity index (χ3n) is 11.1. The van der Waals surface area contributed by atoms with Crippen LogP contribution in [0.25, 0.3) is 0 Å². The van der Waals surface area contributed by atoms with E-state index < -0.39 is 53.0 Å². The van der Waals surface area contributed by atoms with Crippen molar-refractivity contribution in [2.75, 3.05) is 0 Å². The van der Waals surface area contributed by atoms with Gasteiger partial charge in [-0.1, -0.05) is 32.4 Å². The summed E-state index contributed by atoms with van der Waals surface area (Å²) in [5, 5.41) is 32.8. The Morgan fingerprint density at radius 1 is 1.03 bits per heavy atom. The lowest BCUT2D eigenvalue weighted by Gasteiger charge is -2.69. The van der Waals surface area contributed by atoms with Crippen LogP contribution in [0.15, 0.2) is 22.8 Å². The van der Waals surface area contributed by atoms with Crippen molar-refractivity contribution in [2.24, 2.45) is 45.5 Å². The van der Waals surface area contributed by atoms with Crippen LogP contribution in [-0.4, -0.2) is 57.7 Å². The Kier molecular flexibility index (Phi) is 7.24. The minimum absolute atomic E-state index is 0.0595. The Bertz CT molecular complexity index is 1020. The smallest absolute Gasteiger partial charge is 0.331 e. The summed E-state index contributed by atoms with van der Waals surface area (Å²) in [7, 11) is 0. The molecule has 0 aliphatic heterocycles. The number of aliphatic hydroxyl groups is 2. The average molecular weight is 519 g/mol. The number of aliphatic carboxylic acids is 1. The Morgan fingerprint density at radius 2 is 1.68 bits per heavy atom. The molecule has 37 heavy (non-hydrogen) atoms. The Balaban J connectivity index is 1.90. The fourth-order valence-corrected chi connectivity index (χ4v) is 9.33. The van der Waals surface area contributed by atoms with Gasteiger partial charge in [-0.2, -0.15) is 0 Å². The first-order valence-corrected chi connectivity index (χ1v) is 13.7. The molecule has 0 aromatic carbocycles. The topological polar surface area (TPSA) is 156 Å². The number of allylic oxidation sites excluding steroid dienone is 2. The van der Waals surface area contributed by atoms with Gasteiger partial charge >= 0.3 is 11.9 Å². The van der Waals surface area contributed by atoms with Crippen molar-refractivity contribution in [1.29, 1.82) is 0 Å². The molecule has 7 N–H and O–H groups in total. The molecule has 4 aliphatic carbocycles. The average Bonchev–Trinajstić information content (AvgIpc) is 3.07. The number of carbonyl (C=O) groups excluding carboxylic acids is 1. The summed E-state index contributed by atoms with van der Waals surface area (Å²) in [5.41, 5.74) is 14.0. The van der Waals surface area contributed by atoms with E-state index in [0.29, 0.717) is 18.4 Å². The van der Waals surface area contributed by atoms with E-state index in [1.807, 2.05) is 19.9 Å². The molecular weight excluding hydrogens is 472 g/mol. The van der Waals surface area contributed by atoms with Crippen molar-refractivity contribution < 1.29 is 29.6 Å². The monoisotopic (exact) mass is 518 g/mol. The van der Waals surface area contributed by atoms with Crippen LogP contribution in [0.1, 0.15) is 80.1 Å². The van der Waals surface area contributed by atoms with Gasteiger partial charge in [-0.05, 0) is 86.0 Å². The number of rotatable bonds is 4. The molecule has 0 saturated heterocycles. The van der Waals surface area contributed by atoms with E-state index in [4.69, 9.17) is 16.2 Å². The molecule has 0 aromatic heterocycles. The molecule has 0 radical (unpaired) electrons. The standard InChI is InChI=1S/C29H46N2O6/c1-14(2)7-8-16(26(35)36)20-19(37-15(3)32)13-29(6)21(20)23(31)24(34)25-27(4)11-10-18(33)22(30)17(27)9-12-28(25,29)5/h7,17-19,21-25,33-34H,8-13,30-31H2,1-6H3,(H,35,36)/b20-16+/t17-,18+,19-,21+,22-,23-,24+,25-,27-,28-,29-/m0/s1. The lowest BCUT2D eigenvalue weighted by Crippen LogP contribution is -2.72. The highest BCUT2D eigenvalue weighted by molar-refractivity contribution is 5.88. The molecule has 11 atom stereocenters. The first-order chi connectivity index (χ1) is 17.1. The minimum atomic E-state index is -1.05. The first-order valence-electron chi connectivity index (χ1n) is 13.7. The van der Waals surface area contributed by atoms with Crippen LogP contribution in [0.5, 0.6) is 0 Å². The number of carbonyl (C=O) groups is 2. The molecule has 208 valence electrons. The van der Waals surface area contributed by atoms with Gasteiger partial charge in [0.1, 0.15) is 6.10 Å². The molecule has 0 amide bonds. The Hall–Kier alpha value is -1.74. The van der Waals surface area contributed by atoms with Crippen LogP contribution in [0, 0.1) is 34.0 Å². The zero-order chi connectivity index (χ0) is 27.7. The summed E-state index contributed by atoms with van der Waals surface area (Å²) in [6.07, 6.45) is 3.29. The van der Waals surface area contributed by atoms with Gasteiger partial charge in [-0.25, -0.2) is 4.79 Å². The summed E-state index contributed by atoms with van der Waals surface area (Å²) in [6, 6.07) is -1.08. The normalized spacial score (nSPS) is 48.3. The van der Waals surface area contributed by atoms with Crippen LogP contribution in [0.3, 0.4) is 0 Å². The second kappa shape index (κ2) is 9.47. The van der Waals surface area contributed by atoms with E-state index in [1.165, 1.54) is 6.92 Å².